The summed E-state index contributed by atoms with van der Waals surface area (Å²) in [5, 5.41) is 3.04. The Morgan fingerprint density at radius 2 is 1.93 bits per heavy atom. The smallest absolute Gasteiger partial charge is 0.322 e. The lowest BCUT2D eigenvalue weighted by Crippen LogP contribution is -2.35. The maximum atomic E-state index is 13.2. The molecule has 2 aromatic carbocycles. The minimum atomic E-state index is -0.244. The molecule has 5 nitrogen and oxygen atoms in total. The standard InChI is InChI=1S/C23H25FN4O/c1-16-6-3-4-7-20(16)26-23(29)27-13-5-8-21(27)22-25-14-17(2)28(22)15-18-9-11-19(24)12-10-18/h3-4,6-7,9-12,14,21H,5,8,13,15H2,1-2H3,(H,26,29). The molecular weight excluding hydrogens is 367 g/mol. The first-order valence-corrected chi connectivity index (χ1v) is 9.92. The van der Waals surface area contributed by atoms with E-state index < -0.39 is 0 Å². The van der Waals surface area contributed by atoms with Crippen LogP contribution in [-0.2, 0) is 6.54 Å². The van der Waals surface area contributed by atoms with Gasteiger partial charge in [0.15, 0.2) is 0 Å². The molecule has 4 rings (SSSR count). The molecule has 2 heterocycles. The van der Waals surface area contributed by atoms with E-state index in [0.717, 1.165) is 41.2 Å². The van der Waals surface area contributed by atoms with Crippen molar-refractivity contribution in [1.82, 2.24) is 14.5 Å². The van der Waals surface area contributed by atoms with Crippen LogP contribution < -0.4 is 5.32 Å². The van der Waals surface area contributed by atoms with Crippen molar-refractivity contribution < 1.29 is 9.18 Å². The second-order valence-corrected chi connectivity index (χ2v) is 7.57. The molecule has 0 bridgehead atoms. The molecule has 0 saturated carbocycles. The van der Waals surface area contributed by atoms with Crippen LogP contribution in [0.4, 0.5) is 14.9 Å². The number of para-hydroxylation sites is 1. The van der Waals surface area contributed by atoms with E-state index >= 15 is 0 Å². The van der Waals surface area contributed by atoms with E-state index in [0.29, 0.717) is 13.1 Å². The topological polar surface area (TPSA) is 50.2 Å². The summed E-state index contributed by atoms with van der Waals surface area (Å²) in [5.74, 6) is 0.635. The monoisotopic (exact) mass is 392 g/mol. The molecule has 150 valence electrons. The number of imidazole rings is 1. The molecule has 29 heavy (non-hydrogen) atoms. The number of benzene rings is 2. The number of halogens is 1. The van der Waals surface area contributed by atoms with Crippen LogP contribution in [0.15, 0.2) is 54.7 Å². The third-order valence-electron chi connectivity index (χ3n) is 5.54. The van der Waals surface area contributed by atoms with Gasteiger partial charge in [-0.15, -0.1) is 0 Å². The lowest BCUT2D eigenvalue weighted by atomic mass is 10.1. The van der Waals surface area contributed by atoms with Crippen LogP contribution >= 0.6 is 0 Å². The lowest BCUT2D eigenvalue weighted by molar-refractivity contribution is 0.204. The molecule has 1 unspecified atom stereocenters. The van der Waals surface area contributed by atoms with Gasteiger partial charge in [0.1, 0.15) is 11.6 Å². The fourth-order valence-electron chi connectivity index (χ4n) is 3.90. The molecule has 6 heteroatoms. The van der Waals surface area contributed by atoms with Gasteiger partial charge in [0.2, 0.25) is 0 Å². The molecular formula is C23H25FN4O. The summed E-state index contributed by atoms with van der Waals surface area (Å²) in [5.41, 5.74) is 3.89. The van der Waals surface area contributed by atoms with Crippen LogP contribution in [0.2, 0.25) is 0 Å². The van der Waals surface area contributed by atoms with Gasteiger partial charge in [0, 0.05) is 30.7 Å². The number of amides is 2. The van der Waals surface area contributed by atoms with E-state index in [1.54, 1.807) is 12.1 Å². The average Bonchev–Trinajstić information content (AvgIpc) is 3.32. The molecule has 1 saturated heterocycles. The van der Waals surface area contributed by atoms with Crippen molar-refractivity contribution in [3.8, 4) is 0 Å². The first kappa shape index (κ1) is 19.2. The fourth-order valence-corrected chi connectivity index (χ4v) is 3.90. The molecule has 0 spiro atoms. The van der Waals surface area contributed by atoms with Crippen molar-refractivity contribution in [2.75, 3.05) is 11.9 Å². The second-order valence-electron chi connectivity index (χ2n) is 7.57. The lowest BCUT2D eigenvalue weighted by Gasteiger charge is -2.26. The zero-order chi connectivity index (χ0) is 20.4. The van der Waals surface area contributed by atoms with Crippen molar-refractivity contribution in [3.63, 3.8) is 0 Å². The summed E-state index contributed by atoms with van der Waals surface area (Å²) in [6.45, 7) is 5.29. The molecule has 3 aromatic rings. The van der Waals surface area contributed by atoms with E-state index in [-0.39, 0.29) is 17.9 Å². The molecule has 1 aliphatic rings. The number of nitrogens with zero attached hydrogens (tertiary/aromatic N) is 3. The SMILES string of the molecule is Cc1ccccc1NC(=O)N1CCCC1c1ncc(C)n1Cc1ccc(F)cc1. The van der Waals surface area contributed by atoms with Gasteiger partial charge in [0.25, 0.3) is 0 Å². The van der Waals surface area contributed by atoms with Crippen LogP contribution in [0.1, 0.15) is 41.5 Å². The summed E-state index contributed by atoms with van der Waals surface area (Å²) in [4.78, 5) is 19.5. The molecule has 1 aliphatic heterocycles. The van der Waals surface area contributed by atoms with E-state index in [1.165, 1.54) is 12.1 Å². The number of aryl methyl sites for hydroxylation is 2. The predicted molar refractivity (Wildman–Crippen MR) is 111 cm³/mol. The Kier molecular flexibility index (Phi) is 5.34. The normalized spacial score (nSPS) is 16.2. The largest absolute Gasteiger partial charge is 0.326 e. The Hall–Kier alpha value is -3.15. The number of aromatic nitrogens is 2. The molecule has 1 atom stereocenters. The number of nitrogens with one attached hydrogen (secondary N) is 1. The first-order chi connectivity index (χ1) is 14.0. The highest BCUT2D eigenvalue weighted by Gasteiger charge is 2.33. The number of anilines is 1. The molecule has 1 fully saturated rings. The van der Waals surface area contributed by atoms with Gasteiger partial charge >= 0.3 is 6.03 Å². The van der Waals surface area contributed by atoms with Crippen LogP contribution in [-0.4, -0.2) is 27.0 Å². The van der Waals surface area contributed by atoms with Crippen LogP contribution in [0, 0.1) is 19.7 Å². The maximum absolute atomic E-state index is 13.2. The van der Waals surface area contributed by atoms with Gasteiger partial charge in [-0.05, 0) is 56.0 Å². The highest BCUT2D eigenvalue weighted by Crippen LogP contribution is 2.32. The number of urea groups is 1. The van der Waals surface area contributed by atoms with Crippen molar-refractivity contribution in [2.45, 2.75) is 39.3 Å². The number of carbonyl (C=O) groups is 1. The minimum Gasteiger partial charge on any atom is -0.326 e. The van der Waals surface area contributed by atoms with Gasteiger partial charge in [-0.2, -0.15) is 0 Å². The maximum Gasteiger partial charge on any atom is 0.322 e. The third kappa shape index (κ3) is 4.01. The number of likely N-dealkylation sites (tertiary alicyclic amines) is 1. The molecule has 0 aliphatic carbocycles. The molecule has 1 aromatic heterocycles. The summed E-state index contributed by atoms with van der Waals surface area (Å²) in [6.07, 6.45) is 3.66. The Bertz CT molecular complexity index is 1010. The van der Waals surface area contributed by atoms with Crippen molar-refractivity contribution in [1.29, 1.82) is 0 Å². The van der Waals surface area contributed by atoms with Gasteiger partial charge < -0.3 is 14.8 Å². The Balaban J connectivity index is 1.57. The molecule has 0 radical (unpaired) electrons. The average molecular weight is 392 g/mol. The minimum absolute atomic E-state index is 0.0758. The third-order valence-corrected chi connectivity index (χ3v) is 5.54. The van der Waals surface area contributed by atoms with E-state index in [9.17, 15) is 9.18 Å². The predicted octanol–water partition coefficient (Wildman–Crippen LogP) is 5.06. The van der Waals surface area contributed by atoms with Gasteiger partial charge in [0.05, 0.1) is 6.04 Å². The summed E-state index contributed by atoms with van der Waals surface area (Å²) in [6, 6.07) is 14.1. The highest BCUT2D eigenvalue weighted by atomic mass is 19.1. The number of rotatable bonds is 4. The Labute approximate surface area is 170 Å². The zero-order valence-electron chi connectivity index (χ0n) is 16.7. The quantitative estimate of drug-likeness (QED) is 0.675. The summed E-state index contributed by atoms with van der Waals surface area (Å²) < 4.78 is 15.4. The summed E-state index contributed by atoms with van der Waals surface area (Å²) >= 11 is 0. The molecule has 1 N–H and O–H groups in total. The van der Waals surface area contributed by atoms with E-state index in [2.05, 4.69) is 14.9 Å². The Morgan fingerprint density at radius 3 is 2.69 bits per heavy atom. The first-order valence-electron chi connectivity index (χ1n) is 9.92. The van der Waals surface area contributed by atoms with Crippen molar-refractivity contribution in [3.05, 3.63) is 83.2 Å². The second kappa shape index (κ2) is 8.07. The van der Waals surface area contributed by atoms with Crippen LogP contribution in [0.25, 0.3) is 0 Å². The van der Waals surface area contributed by atoms with Crippen LogP contribution in [0.5, 0.6) is 0 Å². The van der Waals surface area contributed by atoms with Crippen molar-refractivity contribution >= 4 is 11.7 Å². The van der Waals surface area contributed by atoms with E-state index in [4.69, 9.17) is 0 Å². The fraction of sp³-hybridized carbons (Fsp3) is 0.304. The van der Waals surface area contributed by atoms with Gasteiger partial charge in [-0.1, -0.05) is 30.3 Å². The van der Waals surface area contributed by atoms with Crippen LogP contribution in [0.3, 0.4) is 0 Å². The zero-order valence-corrected chi connectivity index (χ0v) is 16.7. The molecule has 2 amide bonds. The number of hydrogen-bond donors (Lipinski definition) is 1. The summed E-state index contributed by atoms with van der Waals surface area (Å²) in [7, 11) is 0. The van der Waals surface area contributed by atoms with E-state index in [1.807, 2.05) is 49.2 Å². The van der Waals surface area contributed by atoms with Gasteiger partial charge in [-0.25, -0.2) is 14.2 Å². The van der Waals surface area contributed by atoms with Gasteiger partial charge in [-0.3, -0.25) is 0 Å². The number of carbonyl (C=O) groups excluding carboxylic acids is 1. The highest BCUT2D eigenvalue weighted by molar-refractivity contribution is 5.90. The number of hydrogen-bond acceptors (Lipinski definition) is 2. The van der Waals surface area contributed by atoms with Crippen molar-refractivity contribution in [2.24, 2.45) is 0 Å². The Morgan fingerprint density at radius 1 is 1.17 bits per heavy atom.